The van der Waals surface area contributed by atoms with Crippen LogP contribution < -0.4 is 5.73 Å². The number of ketones is 1. The molecule has 4 rings (SSSR count). The van der Waals surface area contributed by atoms with Gasteiger partial charge in [-0.25, -0.2) is 4.39 Å². The standard InChI is InChI=1S/C28H27FN2O2/c1-18-22-15-21(29)13-14-24(22)31-26(18)25(20-11-7-4-8-12-20)23(17-32)27(33)28(2,30)16-19-9-5-3-6-10-19/h3-15,17,25,31-32H,16,30H2,1-2H3/t25?,28-/m1/s1. The average molecular weight is 443 g/mol. The molecule has 1 heterocycles. The number of aliphatic hydroxyl groups excluding tert-OH is 1. The van der Waals surface area contributed by atoms with Gasteiger partial charge in [-0.1, -0.05) is 60.7 Å². The first-order chi connectivity index (χ1) is 15.8. The third-order valence-electron chi connectivity index (χ3n) is 6.13. The molecule has 0 spiro atoms. The van der Waals surface area contributed by atoms with Gasteiger partial charge in [0, 0.05) is 22.2 Å². The average Bonchev–Trinajstić information content (AvgIpc) is 3.13. The second kappa shape index (κ2) is 9.04. The van der Waals surface area contributed by atoms with E-state index in [-0.39, 0.29) is 17.2 Å². The van der Waals surface area contributed by atoms with Crippen LogP contribution in [0.2, 0.25) is 0 Å². The lowest BCUT2D eigenvalue weighted by Gasteiger charge is -2.28. The summed E-state index contributed by atoms with van der Waals surface area (Å²) in [5.41, 5.74) is 9.50. The van der Waals surface area contributed by atoms with Gasteiger partial charge in [-0.15, -0.1) is 0 Å². The summed E-state index contributed by atoms with van der Waals surface area (Å²) in [6, 6.07) is 23.5. The van der Waals surface area contributed by atoms with Crippen LogP contribution in [0.4, 0.5) is 4.39 Å². The lowest BCUT2D eigenvalue weighted by molar-refractivity contribution is -0.120. The Morgan fingerprint density at radius 2 is 1.73 bits per heavy atom. The number of nitrogens with two attached hydrogens (primary N) is 1. The summed E-state index contributed by atoms with van der Waals surface area (Å²) in [6.07, 6.45) is 1.18. The van der Waals surface area contributed by atoms with Gasteiger partial charge in [-0.2, -0.15) is 0 Å². The van der Waals surface area contributed by atoms with Crippen molar-refractivity contribution in [1.82, 2.24) is 4.98 Å². The molecule has 0 bridgehead atoms. The van der Waals surface area contributed by atoms with E-state index in [1.54, 1.807) is 13.0 Å². The number of carbonyl (C=O) groups is 1. The van der Waals surface area contributed by atoms with E-state index in [0.29, 0.717) is 12.1 Å². The fourth-order valence-corrected chi connectivity index (χ4v) is 4.45. The largest absolute Gasteiger partial charge is 0.515 e. The van der Waals surface area contributed by atoms with Crippen molar-refractivity contribution in [3.05, 3.63) is 119 Å². The minimum Gasteiger partial charge on any atom is -0.515 e. The topological polar surface area (TPSA) is 79.1 Å². The van der Waals surface area contributed by atoms with Crippen LogP contribution >= 0.6 is 0 Å². The summed E-state index contributed by atoms with van der Waals surface area (Å²) in [6.45, 7) is 3.57. The molecule has 0 aliphatic rings. The zero-order valence-corrected chi connectivity index (χ0v) is 18.7. The quantitative estimate of drug-likeness (QED) is 0.253. The number of aliphatic hydroxyl groups is 1. The predicted molar refractivity (Wildman–Crippen MR) is 130 cm³/mol. The summed E-state index contributed by atoms with van der Waals surface area (Å²) in [4.78, 5) is 17.1. The first kappa shape index (κ1) is 22.5. The van der Waals surface area contributed by atoms with Crippen molar-refractivity contribution in [2.75, 3.05) is 0 Å². The number of carbonyl (C=O) groups excluding carboxylic acids is 1. The van der Waals surface area contributed by atoms with Crippen molar-refractivity contribution in [3.63, 3.8) is 0 Å². The fraction of sp³-hybridized carbons (Fsp3) is 0.179. The molecule has 0 amide bonds. The molecule has 4 aromatic rings. The fourth-order valence-electron chi connectivity index (χ4n) is 4.45. The molecule has 1 aromatic heterocycles. The Hall–Kier alpha value is -3.70. The summed E-state index contributed by atoms with van der Waals surface area (Å²) >= 11 is 0. The zero-order valence-electron chi connectivity index (χ0n) is 18.7. The molecule has 5 heteroatoms. The molecule has 0 saturated heterocycles. The van der Waals surface area contributed by atoms with Crippen molar-refractivity contribution in [3.8, 4) is 0 Å². The number of fused-ring (bicyclic) bond motifs is 1. The highest BCUT2D eigenvalue weighted by Crippen LogP contribution is 2.38. The molecule has 3 aromatic carbocycles. The van der Waals surface area contributed by atoms with Crippen LogP contribution in [0.5, 0.6) is 0 Å². The van der Waals surface area contributed by atoms with Crippen LogP contribution in [0.3, 0.4) is 0 Å². The molecule has 1 unspecified atom stereocenters. The summed E-state index contributed by atoms with van der Waals surface area (Å²) in [5.74, 6) is -1.29. The highest BCUT2D eigenvalue weighted by atomic mass is 19.1. The van der Waals surface area contributed by atoms with Gasteiger partial charge in [-0.05, 0) is 55.2 Å². The number of H-pyrrole nitrogens is 1. The number of benzene rings is 3. The van der Waals surface area contributed by atoms with Crippen molar-refractivity contribution in [2.24, 2.45) is 5.73 Å². The number of rotatable bonds is 7. The molecule has 4 nitrogen and oxygen atoms in total. The Labute approximate surface area is 192 Å². The molecular formula is C28H27FN2O2. The maximum atomic E-state index is 13.9. The van der Waals surface area contributed by atoms with Crippen LogP contribution in [0.15, 0.2) is 90.7 Å². The van der Waals surface area contributed by atoms with Gasteiger partial charge in [-0.3, -0.25) is 4.79 Å². The molecule has 0 radical (unpaired) electrons. The number of halogens is 1. The minimum absolute atomic E-state index is 0.178. The van der Waals surface area contributed by atoms with Gasteiger partial charge in [0.25, 0.3) is 0 Å². The highest BCUT2D eigenvalue weighted by molar-refractivity contribution is 6.04. The van der Waals surface area contributed by atoms with E-state index < -0.39 is 11.5 Å². The van der Waals surface area contributed by atoms with E-state index in [4.69, 9.17) is 5.73 Å². The number of aromatic amines is 1. The van der Waals surface area contributed by atoms with Crippen molar-refractivity contribution in [1.29, 1.82) is 0 Å². The van der Waals surface area contributed by atoms with E-state index in [1.165, 1.54) is 12.1 Å². The number of hydrogen-bond donors (Lipinski definition) is 3. The highest BCUT2D eigenvalue weighted by Gasteiger charge is 2.37. The zero-order chi connectivity index (χ0) is 23.6. The SMILES string of the molecule is Cc1c(C(C(=CO)C(=O)[C@](C)(N)Cc2ccccc2)c2ccccc2)[nH]c2ccc(F)cc12. The smallest absolute Gasteiger partial charge is 0.182 e. The normalized spacial score (nSPS) is 14.7. The molecule has 0 aliphatic carbocycles. The van der Waals surface area contributed by atoms with Crippen LogP contribution in [-0.2, 0) is 11.2 Å². The van der Waals surface area contributed by atoms with Crippen molar-refractivity contribution in [2.45, 2.75) is 31.7 Å². The molecule has 0 saturated carbocycles. The number of nitrogens with one attached hydrogen (secondary N) is 1. The third kappa shape index (κ3) is 4.45. The van der Waals surface area contributed by atoms with E-state index in [1.807, 2.05) is 67.6 Å². The third-order valence-corrected chi connectivity index (χ3v) is 6.13. The Bertz CT molecular complexity index is 1310. The monoisotopic (exact) mass is 442 g/mol. The maximum Gasteiger partial charge on any atom is 0.182 e. The second-order valence-electron chi connectivity index (χ2n) is 8.69. The lowest BCUT2D eigenvalue weighted by atomic mass is 9.78. The number of hydrogen-bond acceptors (Lipinski definition) is 3. The van der Waals surface area contributed by atoms with Gasteiger partial charge in [0.2, 0.25) is 0 Å². The van der Waals surface area contributed by atoms with Gasteiger partial charge in [0.15, 0.2) is 5.78 Å². The molecule has 0 fully saturated rings. The first-order valence-corrected chi connectivity index (χ1v) is 10.9. The first-order valence-electron chi connectivity index (χ1n) is 10.9. The summed E-state index contributed by atoms with van der Waals surface area (Å²) in [7, 11) is 0. The summed E-state index contributed by atoms with van der Waals surface area (Å²) in [5, 5.41) is 11.0. The van der Waals surface area contributed by atoms with Gasteiger partial charge in [0.05, 0.1) is 17.7 Å². The summed E-state index contributed by atoms with van der Waals surface area (Å²) < 4.78 is 13.9. The van der Waals surface area contributed by atoms with E-state index in [9.17, 15) is 14.3 Å². The number of aromatic nitrogens is 1. The van der Waals surface area contributed by atoms with Crippen LogP contribution in [0.1, 0.15) is 35.2 Å². The lowest BCUT2D eigenvalue weighted by Crippen LogP contribution is -2.48. The van der Waals surface area contributed by atoms with Gasteiger partial charge < -0.3 is 15.8 Å². The van der Waals surface area contributed by atoms with Crippen molar-refractivity contribution < 1.29 is 14.3 Å². The molecule has 4 N–H and O–H groups in total. The number of aryl methyl sites for hydroxylation is 1. The molecule has 0 aliphatic heterocycles. The molecule has 168 valence electrons. The Balaban J connectivity index is 1.82. The van der Waals surface area contributed by atoms with Crippen LogP contribution in [0, 0.1) is 12.7 Å². The van der Waals surface area contributed by atoms with E-state index in [2.05, 4.69) is 4.98 Å². The van der Waals surface area contributed by atoms with E-state index in [0.717, 1.165) is 33.9 Å². The molecular weight excluding hydrogens is 415 g/mol. The molecule has 33 heavy (non-hydrogen) atoms. The van der Waals surface area contributed by atoms with Gasteiger partial charge in [0.1, 0.15) is 5.82 Å². The van der Waals surface area contributed by atoms with Crippen LogP contribution in [-0.4, -0.2) is 21.4 Å². The Kier molecular flexibility index (Phi) is 6.16. The number of Topliss-reactive ketones (excluding diaryl/α,β-unsaturated/α-hetero) is 1. The van der Waals surface area contributed by atoms with Gasteiger partial charge >= 0.3 is 0 Å². The van der Waals surface area contributed by atoms with E-state index >= 15 is 0 Å². The molecule has 2 atom stereocenters. The van der Waals surface area contributed by atoms with Crippen molar-refractivity contribution >= 4 is 16.7 Å². The Morgan fingerprint density at radius 1 is 1.09 bits per heavy atom. The second-order valence-corrected chi connectivity index (χ2v) is 8.69. The Morgan fingerprint density at radius 3 is 2.36 bits per heavy atom. The minimum atomic E-state index is -1.24. The van der Waals surface area contributed by atoms with Crippen LogP contribution in [0.25, 0.3) is 10.9 Å². The predicted octanol–water partition coefficient (Wildman–Crippen LogP) is 5.72. The maximum absolute atomic E-state index is 13.9.